The molecule has 2 fully saturated rings. The molecule has 0 spiro atoms. The zero-order valence-corrected chi connectivity index (χ0v) is 23.3. The number of halogens is 1. The Morgan fingerprint density at radius 2 is 1.66 bits per heavy atom. The van der Waals surface area contributed by atoms with E-state index in [2.05, 4.69) is 30.1 Å². The predicted octanol–water partition coefficient (Wildman–Crippen LogP) is 3.41. The van der Waals surface area contributed by atoms with Crippen molar-refractivity contribution in [3.63, 3.8) is 0 Å². The summed E-state index contributed by atoms with van der Waals surface area (Å²) >= 11 is 6.30. The van der Waals surface area contributed by atoms with E-state index in [9.17, 15) is 10.1 Å². The van der Waals surface area contributed by atoms with Gasteiger partial charge in [0.1, 0.15) is 11.1 Å². The van der Waals surface area contributed by atoms with E-state index in [1.807, 2.05) is 44.2 Å². The molecule has 0 aliphatic carbocycles. The Bertz CT molecular complexity index is 1090. The number of hydrazine groups is 1. The van der Waals surface area contributed by atoms with E-state index in [0.717, 1.165) is 32.7 Å². The Balaban J connectivity index is 1.28. The van der Waals surface area contributed by atoms with Crippen LogP contribution in [0.25, 0.3) is 0 Å². The zero-order valence-electron chi connectivity index (χ0n) is 22.6. The second kappa shape index (κ2) is 13.9. The van der Waals surface area contributed by atoms with Crippen LogP contribution < -0.4 is 10.4 Å². The maximum atomic E-state index is 13.1. The monoisotopic (exact) mass is 538 g/mol. The number of likely N-dealkylation sites (tertiary alicyclic amines) is 1. The average molecular weight is 539 g/mol. The number of hydrogen-bond acceptors (Lipinski definition) is 8. The van der Waals surface area contributed by atoms with Crippen LogP contribution in [0, 0.1) is 17.2 Å². The first-order valence-corrected chi connectivity index (χ1v) is 14.1. The Kier molecular flexibility index (Phi) is 10.3. The number of anilines is 1. The van der Waals surface area contributed by atoms with Crippen molar-refractivity contribution in [1.82, 2.24) is 30.1 Å². The van der Waals surface area contributed by atoms with Gasteiger partial charge in [0, 0.05) is 57.9 Å². The van der Waals surface area contributed by atoms with Crippen molar-refractivity contribution in [1.29, 1.82) is 5.26 Å². The van der Waals surface area contributed by atoms with E-state index < -0.39 is 0 Å². The van der Waals surface area contributed by atoms with Crippen molar-refractivity contribution in [2.45, 2.75) is 39.7 Å². The van der Waals surface area contributed by atoms with Crippen LogP contribution in [0.2, 0.25) is 5.02 Å². The quantitative estimate of drug-likeness (QED) is 0.460. The number of amides is 1. The summed E-state index contributed by atoms with van der Waals surface area (Å²) in [5.74, 6) is 0.277. The molecule has 9 nitrogen and oxygen atoms in total. The maximum Gasteiger partial charge on any atom is 0.269 e. The molecular weight excluding hydrogens is 500 g/mol. The third-order valence-electron chi connectivity index (χ3n) is 7.13. The van der Waals surface area contributed by atoms with E-state index in [1.54, 1.807) is 5.01 Å². The number of nitrogens with one attached hydrogen (secondary N) is 1. The van der Waals surface area contributed by atoms with Gasteiger partial charge in [0.2, 0.25) is 5.82 Å². The van der Waals surface area contributed by atoms with Crippen LogP contribution in [0.4, 0.5) is 5.82 Å². The van der Waals surface area contributed by atoms with E-state index in [4.69, 9.17) is 11.6 Å². The molecule has 3 heterocycles. The zero-order chi connectivity index (χ0) is 26.9. The highest BCUT2D eigenvalue weighted by atomic mass is 35.5. The third-order valence-corrected chi connectivity index (χ3v) is 7.40. The van der Waals surface area contributed by atoms with Crippen LogP contribution in [0.15, 0.2) is 30.5 Å². The number of rotatable bonds is 10. The highest BCUT2D eigenvalue weighted by Gasteiger charge is 2.20. The summed E-state index contributed by atoms with van der Waals surface area (Å²) in [6.07, 6.45) is 5.47. The van der Waals surface area contributed by atoms with Gasteiger partial charge in [-0.1, -0.05) is 44.0 Å². The van der Waals surface area contributed by atoms with Crippen molar-refractivity contribution >= 4 is 23.3 Å². The highest BCUT2D eigenvalue weighted by molar-refractivity contribution is 6.32. The number of hydrogen-bond donors (Lipinski definition) is 1. The largest absolute Gasteiger partial charge is 0.302 e. The average Bonchev–Trinajstić information content (AvgIpc) is 2.93. The lowest BCUT2D eigenvalue weighted by Gasteiger charge is -2.36. The highest BCUT2D eigenvalue weighted by Crippen LogP contribution is 2.22. The van der Waals surface area contributed by atoms with E-state index in [-0.39, 0.29) is 22.7 Å². The van der Waals surface area contributed by atoms with Crippen molar-refractivity contribution in [2.75, 3.05) is 63.9 Å². The lowest BCUT2D eigenvalue weighted by atomic mass is 10.1. The van der Waals surface area contributed by atoms with Gasteiger partial charge < -0.3 is 4.90 Å². The summed E-state index contributed by atoms with van der Waals surface area (Å²) in [4.78, 5) is 28.9. The summed E-state index contributed by atoms with van der Waals surface area (Å²) in [6, 6.07) is 9.68. The van der Waals surface area contributed by atoms with Crippen LogP contribution >= 0.6 is 11.6 Å². The molecule has 2 saturated heterocycles. The number of nitriles is 1. The van der Waals surface area contributed by atoms with Gasteiger partial charge in [-0.05, 0) is 49.5 Å². The molecule has 0 atom stereocenters. The molecule has 0 bridgehead atoms. The fraction of sp³-hybridized carbons (Fsp3) is 0.571. The maximum absolute atomic E-state index is 13.1. The number of benzene rings is 1. The molecule has 0 saturated carbocycles. The minimum Gasteiger partial charge on any atom is -0.302 e. The van der Waals surface area contributed by atoms with Crippen LogP contribution in [-0.4, -0.2) is 89.5 Å². The minimum absolute atomic E-state index is 0.000379. The molecular formula is C28H39ClN8O. The Morgan fingerprint density at radius 1 is 1.03 bits per heavy atom. The second-order valence-corrected chi connectivity index (χ2v) is 11.0. The first-order chi connectivity index (χ1) is 18.4. The van der Waals surface area contributed by atoms with Crippen molar-refractivity contribution < 1.29 is 4.79 Å². The summed E-state index contributed by atoms with van der Waals surface area (Å²) < 4.78 is 0. The van der Waals surface area contributed by atoms with Gasteiger partial charge in [-0.2, -0.15) is 10.2 Å². The fourth-order valence-electron chi connectivity index (χ4n) is 5.00. The molecule has 10 heteroatoms. The van der Waals surface area contributed by atoms with Gasteiger partial charge in [-0.15, -0.1) is 0 Å². The van der Waals surface area contributed by atoms with Crippen LogP contribution in [-0.2, 0) is 6.54 Å². The van der Waals surface area contributed by atoms with Crippen molar-refractivity contribution in [3.05, 3.63) is 52.4 Å². The van der Waals surface area contributed by atoms with Crippen molar-refractivity contribution in [2.24, 2.45) is 5.92 Å². The lowest BCUT2D eigenvalue weighted by molar-refractivity contribution is 0.0947. The number of nitrogens with zero attached hydrogens (tertiary/aromatic N) is 7. The fourth-order valence-corrected chi connectivity index (χ4v) is 5.19. The van der Waals surface area contributed by atoms with Crippen LogP contribution in [0.1, 0.15) is 54.9 Å². The molecule has 1 aromatic carbocycles. The van der Waals surface area contributed by atoms with Gasteiger partial charge in [0.05, 0.1) is 6.20 Å². The Labute approximate surface area is 231 Å². The molecule has 0 radical (unpaired) electrons. The van der Waals surface area contributed by atoms with Gasteiger partial charge in [0.15, 0.2) is 5.82 Å². The molecule has 2 aliphatic heterocycles. The number of piperazine rings is 1. The van der Waals surface area contributed by atoms with Gasteiger partial charge in [-0.3, -0.25) is 25.0 Å². The smallest absolute Gasteiger partial charge is 0.269 e. The van der Waals surface area contributed by atoms with Gasteiger partial charge in [-0.25, -0.2) is 4.98 Å². The van der Waals surface area contributed by atoms with Crippen molar-refractivity contribution in [3.8, 4) is 6.07 Å². The molecule has 1 N–H and O–H groups in total. The van der Waals surface area contributed by atoms with E-state index in [0.29, 0.717) is 17.9 Å². The number of carbonyl (C=O) groups excluding carboxylic acids is 1. The summed E-state index contributed by atoms with van der Waals surface area (Å²) in [5.41, 5.74) is 4.65. The van der Waals surface area contributed by atoms with Crippen LogP contribution in [0.5, 0.6) is 0 Å². The minimum atomic E-state index is -0.257. The summed E-state index contributed by atoms with van der Waals surface area (Å²) in [6.45, 7) is 14.7. The third kappa shape index (κ3) is 8.11. The Morgan fingerprint density at radius 3 is 2.29 bits per heavy atom. The molecule has 38 heavy (non-hydrogen) atoms. The SMILES string of the molecule is CC(C)CN(NC(=O)c1ccc(CN2CCN(CCN3CCCCC3)CC2)cc1)c1nc(C#N)ncc1Cl. The first kappa shape index (κ1) is 28.2. The second-order valence-electron chi connectivity index (χ2n) is 10.6. The summed E-state index contributed by atoms with van der Waals surface area (Å²) in [7, 11) is 0. The van der Waals surface area contributed by atoms with Crippen LogP contribution in [0.3, 0.4) is 0 Å². The molecule has 1 aromatic heterocycles. The molecule has 204 valence electrons. The number of carbonyl (C=O) groups is 1. The molecule has 0 unspecified atom stereocenters. The molecule has 2 aliphatic rings. The Hall–Kier alpha value is -2.77. The number of aromatic nitrogens is 2. The topological polar surface area (TPSA) is 91.6 Å². The standard InChI is InChI=1S/C28H39ClN8O/c1-22(2)20-37(27-25(29)19-31-26(18-30)32-27)33-28(38)24-8-6-23(7-9-24)21-36-16-14-35(15-17-36)13-12-34-10-4-3-5-11-34/h6-9,19,22H,3-5,10-17,20-21H2,1-2H3,(H,33,38). The molecule has 2 aromatic rings. The first-order valence-electron chi connectivity index (χ1n) is 13.7. The lowest BCUT2D eigenvalue weighted by Crippen LogP contribution is -2.48. The van der Waals surface area contributed by atoms with Gasteiger partial charge >= 0.3 is 0 Å². The van der Waals surface area contributed by atoms with E-state index in [1.165, 1.54) is 57.2 Å². The van der Waals surface area contributed by atoms with E-state index >= 15 is 0 Å². The molecule has 1 amide bonds. The number of piperidine rings is 1. The summed E-state index contributed by atoms with van der Waals surface area (Å²) in [5, 5.41) is 11.0. The predicted molar refractivity (Wildman–Crippen MR) is 150 cm³/mol. The molecule has 4 rings (SSSR count). The van der Waals surface area contributed by atoms with Gasteiger partial charge in [0.25, 0.3) is 5.91 Å². The normalized spacial score (nSPS) is 17.3.